The van der Waals surface area contributed by atoms with E-state index in [0.29, 0.717) is 11.4 Å². The number of carbonyl (C=O) groups is 1. The van der Waals surface area contributed by atoms with Crippen molar-refractivity contribution in [2.75, 3.05) is 17.2 Å². The minimum absolute atomic E-state index is 0.173. The molecule has 0 fully saturated rings. The fourth-order valence-corrected chi connectivity index (χ4v) is 1.97. The van der Waals surface area contributed by atoms with Crippen molar-refractivity contribution in [3.63, 3.8) is 0 Å². The first kappa shape index (κ1) is 15.0. The second-order valence-electron chi connectivity index (χ2n) is 4.74. The van der Waals surface area contributed by atoms with Crippen LogP contribution in [0.3, 0.4) is 0 Å². The van der Waals surface area contributed by atoms with Gasteiger partial charge in [0, 0.05) is 24.0 Å². The zero-order valence-corrected chi connectivity index (χ0v) is 12.6. The molecule has 0 atom stereocenters. The summed E-state index contributed by atoms with van der Waals surface area (Å²) in [6.45, 7) is 6.69. The maximum atomic E-state index is 12.4. The molecule has 2 rings (SSSR count). The average Bonchev–Trinajstić information content (AvgIpc) is 2.49. The van der Waals surface area contributed by atoms with Crippen molar-refractivity contribution in [2.45, 2.75) is 27.2 Å². The number of rotatable bonds is 5. The molecular weight excluding hydrogens is 264 g/mol. The molecule has 0 bridgehead atoms. The largest absolute Gasteiger partial charge is 0.370 e. The number of pyridine rings is 2. The normalized spacial score (nSPS) is 10.2. The zero-order valence-electron chi connectivity index (χ0n) is 12.6. The highest BCUT2D eigenvalue weighted by molar-refractivity contribution is 6.04. The standard InChI is InChI=1S/C16H20N4O/c1-4-13-9-12(10-14(19-13)17-5-2)16(21)20-15-11(3)7-6-8-18-15/h6-10H,4-5H2,1-3H3,(H,17,19)(H,18,20,21). The molecule has 0 saturated heterocycles. The first-order valence-electron chi connectivity index (χ1n) is 7.11. The Balaban J connectivity index is 2.26. The van der Waals surface area contributed by atoms with E-state index in [1.807, 2.05) is 39.0 Å². The lowest BCUT2D eigenvalue weighted by Gasteiger charge is -2.10. The fourth-order valence-electron chi connectivity index (χ4n) is 1.97. The van der Waals surface area contributed by atoms with E-state index < -0.39 is 0 Å². The van der Waals surface area contributed by atoms with Gasteiger partial charge in [-0.25, -0.2) is 9.97 Å². The summed E-state index contributed by atoms with van der Waals surface area (Å²) in [6.07, 6.45) is 2.44. The van der Waals surface area contributed by atoms with Gasteiger partial charge in [-0.3, -0.25) is 4.79 Å². The third-order valence-corrected chi connectivity index (χ3v) is 3.10. The number of nitrogens with one attached hydrogen (secondary N) is 2. The predicted molar refractivity (Wildman–Crippen MR) is 84.7 cm³/mol. The predicted octanol–water partition coefficient (Wildman–Crippen LogP) is 3.03. The molecule has 1 amide bonds. The van der Waals surface area contributed by atoms with Crippen LogP contribution in [-0.2, 0) is 6.42 Å². The first-order chi connectivity index (χ1) is 10.1. The summed E-state index contributed by atoms with van der Waals surface area (Å²) in [5.74, 6) is 1.13. The van der Waals surface area contributed by atoms with Crippen LogP contribution in [0.25, 0.3) is 0 Å². The van der Waals surface area contributed by atoms with Gasteiger partial charge >= 0.3 is 0 Å². The molecule has 0 aliphatic carbocycles. The minimum Gasteiger partial charge on any atom is -0.370 e. The third kappa shape index (κ3) is 3.78. The molecule has 110 valence electrons. The quantitative estimate of drug-likeness (QED) is 0.885. The molecule has 0 aliphatic rings. The minimum atomic E-state index is -0.173. The van der Waals surface area contributed by atoms with E-state index >= 15 is 0 Å². The van der Waals surface area contributed by atoms with Crippen molar-refractivity contribution in [3.8, 4) is 0 Å². The Morgan fingerprint density at radius 1 is 1.29 bits per heavy atom. The Hall–Kier alpha value is -2.43. The summed E-state index contributed by atoms with van der Waals surface area (Å²) in [4.78, 5) is 21.0. The van der Waals surface area contributed by atoms with E-state index in [2.05, 4.69) is 20.6 Å². The number of amides is 1. The van der Waals surface area contributed by atoms with Crippen LogP contribution in [0.4, 0.5) is 11.6 Å². The molecule has 21 heavy (non-hydrogen) atoms. The molecule has 2 aromatic rings. The van der Waals surface area contributed by atoms with E-state index in [1.165, 1.54) is 0 Å². The molecule has 2 heterocycles. The monoisotopic (exact) mass is 284 g/mol. The van der Waals surface area contributed by atoms with E-state index in [4.69, 9.17) is 0 Å². The molecule has 0 aliphatic heterocycles. The van der Waals surface area contributed by atoms with Crippen LogP contribution < -0.4 is 10.6 Å². The zero-order chi connectivity index (χ0) is 15.2. The number of carbonyl (C=O) groups excluding carboxylic acids is 1. The summed E-state index contributed by atoms with van der Waals surface area (Å²) in [5, 5.41) is 5.99. The molecule has 0 aromatic carbocycles. The van der Waals surface area contributed by atoms with Crippen molar-refractivity contribution in [3.05, 3.63) is 47.3 Å². The van der Waals surface area contributed by atoms with Crippen LogP contribution in [0.1, 0.15) is 35.5 Å². The Morgan fingerprint density at radius 2 is 2.10 bits per heavy atom. The van der Waals surface area contributed by atoms with Crippen molar-refractivity contribution >= 4 is 17.5 Å². The second kappa shape index (κ2) is 6.83. The molecule has 0 spiro atoms. The summed E-state index contributed by atoms with van der Waals surface area (Å²) in [5.41, 5.74) is 2.40. The van der Waals surface area contributed by atoms with E-state index in [-0.39, 0.29) is 5.91 Å². The maximum absolute atomic E-state index is 12.4. The van der Waals surface area contributed by atoms with Crippen LogP contribution in [-0.4, -0.2) is 22.4 Å². The number of anilines is 2. The molecular formula is C16H20N4O. The molecule has 2 N–H and O–H groups in total. The Kier molecular flexibility index (Phi) is 4.87. The van der Waals surface area contributed by atoms with E-state index in [1.54, 1.807) is 12.3 Å². The summed E-state index contributed by atoms with van der Waals surface area (Å²) in [6, 6.07) is 7.33. The van der Waals surface area contributed by atoms with Crippen LogP contribution >= 0.6 is 0 Å². The van der Waals surface area contributed by atoms with Gasteiger partial charge in [0.15, 0.2) is 0 Å². The number of aromatic nitrogens is 2. The number of hydrogen-bond donors (Lipinski definition) is 2. The van der Waals surface area contributed by atoms with Gasteiger partial charge in [0.2, 0.25) is 0 Å². The van der Waals surface area contributed by atoms with Gasteiger partial charge < -0.3 is 10.6 Å². The van der Waals surface area contributed by atoms with Gasteiger partial charge in [-0.2, -0.15) is 0 Å². The number of nitrogens with zero attached hydrogens (tertiary/aromatic N) is 2. The highest BCUT2D eigenvalue weighted by Crippen LogP contribution is 2.15. The van der Waals surface area contributed by atoms with Gasteiger partial charge in [0.1, 0.15) is 11.6 Å². The number of aryl methyl sites for hydroxylation is 2. The van der Waals surface area contributed by atoms with Crippen molar-refractivity contribution in [2.24, 2.45) is 0 Å². The highest BCUT2D eigenvalue weighted by Gasteiger charge is 2.11. The lowest BCUT2D eigenvalue weighted by atomic mass is 10.1. The average molecular weight is 284 g/mol. The molecule has 5 heteroatoms. The van der Waals surface area contributed by atoms with Crippen LogP contribution in [0.2, 0.25) is 0 Å². The Bertz CT molecular complexity index is 640. The van der Waals surface area contributed by atoms with Crippen molar-refractivity contribution in [1.82, 2.24) is 9.97 Å². The van der Waals surface area contributed by atoms with Crippen molar-refractivity contribution < 1.29 is 4.79 Å². The van der Waals surface area contributed by atoms with Crippen LogP contribution in [0, 0.1) is 6.92 Å². The van der Waals surface area contributed by atoms with Gasteiger partial charge in [0.25, 0.3) is 5.91 Å². The molecule has 5 nitrogen and oxygen atoms in total. The number of hydrogen-bond acceptors (Lipinski definition) is 4. The van der Waals surface area contributed by atoms with Crippen LogP contribution in [0.5, 0.6) is 0 Å². The maximum Gasteiger partial charge on any atom is 0.257 e. The Morgan fingerprint density at radius 3 is 2.76 bits per heavy atom. The fraction of sp³-hybridized carbons (Fsp3) is 0.312. The highest BCUT2D eigenvalue weighted by atomic mass is 16.1. The van der Waals surface area contributed by atoms with Gasteiger partial charge in [-0.1, -0.05) is 13.0 Å². The van der Waals surface area contributed by atoms with Crippen LogP contribution in [0.15, 0.2) is 30.5 Å². The molecule has 0 radical (unpaired) electrons. The lowest BCUT2D eigenvalue weighted by Crippen LogP contribution is -2.15. The van der Waals surface area contributed by atoms with Gasteiger partial charge in [0.05, 0.1) is 0 Å². The Labute approximate surface area is 124 Å². The molecule has 2 aromatic heterocycles. The van der Waals surface area contributed by atoms with E-state index in [0.717, 1.165) is 30.0 Å². The van der Waals surface area contributed by atoms with E-state index in [9.17, 15) is 4.79 Å². The smallest absolute Gasteiger partial charge is 0.257 e. The summed E-state index contributed by atoms with van der Waals surface area (Å²) < 4.78 is 0. The van der Waals surface area contributed by atoms with Gasteiger partial charge in [-0.15, -0.1) is 0 Å². The van der Waals surface area contributed by atoms with Crippen molar-refractivity contribution in [1.29, 1.82) is 0 Å². The first-order valence-corrected chi connectivity index (χ1v) is 7.11. The lowest BCUT2D eigenvalue weighted by molar-refractivity contribution is 0.102. The molecule has 0 unspecified atom stereocenters. The molecule has 0 saturated carbocycles. The summed E-state index contributed by atoms with van der Waals surface area (Å²) >= 11 is 0. The van der Waals surface area contributed by atoms with Gasteiger partial charge in [-0.05, 0) is 44.0 Å². The third-order valence-electron chi connectivity index (χ3n) is 3.10. The topological polar surface area (TPSA) is 66.9 Å². The second-order valence-corrected chi connectivity index (χ2v) is 4.74. The summed E-state index contributed by atoms with van der Waals surface area (Å²) in [7, 11) is 0. The SMILES string of the molecule is CCNc1cc(C(=O)Nc2ncccc2C)cc(CC)n1.